The van der Waals surface area contributed by atoms with Gasteiger partial charge in [-0.3, -0.25) is 0 Å². The Morgan fingerprint density at radius 1 is 1.60 bits per heavy atom. The van der Waals surface area contributed by atoms with Crippen LogP contribution >= 0.6 is 21.6 Å². The van der Waals surface area contributed by atoms with Crippen LogP contribution in [-0.4, -0.2) is 31.9 Å². The predicted octanol–water partition coefficient (Wildman–Crippen LogP) is 1.78. The molecule has 0 unspecified atom stereocenters. The van der Waals surface area contributed by atoms with E-state index in [-0.39, 0.29) is 0 Å². The van der Waals surface area contributed by atoms with Gasteiger partial charge in [-0.05, 0) is 6.26 Å². The molecule has 0 spiro atoms. The van der Waals surface area contributed by atoms with E-state index in [0.29, 0.717) is 6.61 Å². The Kier molecular flexibility index (Phi) is 7.06. The van der Waals surface area contributed by atoms with Gasteiger partial charge < -0.3 is 9.47 Å². The fourth-order valence-corrected chi connectivity index (χ4v) is 1.32. The third-order valence-electron chi connectivity index (χ3n) is 0.671. The summed E-state index contributed by atoms with van der Waals surface area (Å²) in [5.74, 6) is 0.802. The van der Waals surface area contributed by atoms with Gasteiger partial charge >= 0.3 is 6.16 Å². The molecule has 0 aromatic carbocycles. The molecule has 0 rings (SSSR count). The summed E-state index contributed by atoms with van der Waals surface area (Å²) in [6, 6.07) is 0. The van der Waals surface area contributed by atoms with E-state index < -0.39 is 6.16 Å². The number of carbonyl (C=O) groups excluding carboxylic acids is 1. The van der Waals surface area contributed by atoms with E-state index in [1.165, 1.54) is 7.11 Å². The smallest absolute Gasteiger partial charge is 0.438 e. The van der Waals surface area contributed by atoms with E-state index >= 15 is 0 Å². The van der Waals surface area contributed by atoms with E-state index in [4.69, 9.17) is 0 Å². The van der Waals surface area contributed by atoms with Crippen molar-refractivity contribution in [1.82, 2.24) is 0 Å². The zero-order valence-corrected chi connectivity index (χ0v) is 7.59. The summed E-state index contributed by atoms with van der Waals surface area (Å²) in [6.45, 7) is 0.415. The first-order chi connectivity index (χ1) is 4.81. The topological polar surface area (TPSA) is 35.5 Å². The zero-order chi connectivity index (χ0) is 7.82. The normalized spacial score (nSPS) is 9.00. The summed E-state index contributed by atoms with van der Waals surface area (Å²) in [7, 11) is 4.59. The fourth-order valence-electron chi connectivity index (χ4n) is 0.301. The van der Waals surface area contributed by atoms with Crippen LogP contribution in [0.15, 0.2) is 0 Å². The van der Waals surface area contributed by atoms with E-state index in [1.807, 2.05) is 6.26 Å². The minimum absolute atomic E-state index is 0.415. The molecule has 10 heavy (non-hydrogen) atoms. The van der Waals surface area contributed by atoms with Crippen LogP contribution in [0, 0.1) is 0 Å². The molecule has 0 amide bonds. The summed E-state index contributed by atoms with van der Waals surface area (Å²) in [6.07, 6.45) is 1.37. The lowest BCUT2D eigenvalue weighted by Gasteiger charge is -2.00. The van der Waals surface area contributed by atoms with Gasteiger partial charge in [0.05, 0.1) is 7.11 Å². The van der Waals surface area contributed by atoms with Gasteiger partial charge in [0.25, 0.3) is 0 Å². The van der Waals surface area contributed by atoms with Crippen molar-refractivity contribution in [2.24, 2.45) is 0 Å². The Labute approximate surface area is 68.2 Å². The Balaban J connectivity index is 2.96. The Hall–Kier alpha value is -0.0300. The number of rotatable bonds is 4. The summed E-state index contributed by atoms with van der Waals surface area (Å²) < 4.78 is 8.85. The van der Waals surface area contributed by atoms with Crippen LogP contribution in [0.1, 0.15) is 0 Å². The first-order valence-electron chi connectivity index (χ1n) is 2.67. The van der Waals surface area contributed by atoms with Crippen LogP contribution in [0.5, 0.6) is 0 Å². The average Bonchev–Trinajstić information content (AvgIpc) is 1.98. The minimum Gasteiger partial charge on any atom is -0.438 e. The van der Waals surface area contributed by atoms with Crippen molar-refractivity contribution in [2.75, 3.05) is 25.7 Å². The van der Waals surface area contributed by atoms with Crippen molar-refractivity contribution in [3.63, 3.8) is 0 Å². The highest BCUT2D eigenvalue weighted by Gasteiger charge is 1.97. The van der Waals surface area contributed by atoms with Gasteiger partial charge in [-0.15, -0.1) is 0 Å². The molecule has 0 N–H and O–H groups in total. The second kappa shape index (κ2) is 7.08. The van der Waals surface area contributed by atoms with E-state index in [0.717, 1.165) is 5.75 Å². The number of hydrogen-bond donors (Lipinski definition) is 0. The molecular formula is C5H10O3S2. The number of methoxy groups -OCH3 is 1. The minimum atomic E-state index is -0.610. The Morgan fingerprint density at radius 2 is 2.30 bits per heavy atom. The largest absolute Gasteiger partial charge is 0.508 e. The molecule has 0 radical (unpaired) electrons. The van der Waals surface area contributed by atoms with Crippen LogP contribution in [-0.2, 0) is 9.47 Å². The van der Waals surface area contributed by atoms with Crippen LogP contribution in [0.2, 0.25) is 0 Å². The predicted molar refractivity (Wildman–Crippen MR) is 44.3 cm³/mol. The van der Waals surface area contributed by atoms with Crippen molar-refractivity contribution in [3.05, 3.63) is 0 Å². The summed E-state index contributed by atoms with van der Waals surface area (Å²) in [4.78, 5) is 10.3. The first-order valence-corrected chi connectivity index (χ1v) is 5.40. The van der Waals surface area contributed by atoms with Gasteiger partial charge in [-0.2, -0.15) is 0 Å². The fraction of sp³-hybridized carbons (Fsp3) is 0.800. The second-order valence-electron chi connectivity index (χ2n) is 1.29. The highest BCUT2D eigenvalue weighted by Crippen LogP contribution is 2.15. The molecule has 0 aromatic rings. The molecule has 0 saturated heterocycles. The van der Waals surface area contributed by atoms with Crippen LogP contribution < -0.4 is 0 Å². The standard InChI is InChI=1S/C5H10O3S2/c1-7-5(6)8-3-4-10-9-2/h3-4H2,1-2H3. The molecule has 0 saturated carbocycles. The maximum absolute atomic E-state index is 10.3. The van der Waals surface area contributed by atoms with Gasteiger partial charge in [-0.25, -0.2) is 4.79 Å². The van der Waals surface area contributed by atoms with Crippen molar-refractivity contribution < 1.29 is 14.3 Å². The number of ether oxygens (including phenoxy) is 2. The number of carbonyl (C=O) groups is 1. The molecule has 0 atom stereocenters. The molecule has 0 bridgehead atoms. The van der Waals surface area contributed by atoms with Gasteiger partial charge in [0.2, 0.25) is 0 Å². The SMILES string of the molecule is COC(=O)OCCSSC. The molecular weight excluding hydrogens is 172 g/mol. The van der Waals surface area contributed by atoms with Crippen LogP contribution in [0.3, 0.4) is 0 Å². The summed E-state index contributed by atoms with van der Waals surface area (Å²) in [5.41, 5.74) is 0. The first kappa shape index (κ1) is 9.97. The second-order valence-corrected chi connectivity index (χ2v) is 3.98. The molecule has 0 fully saturated rings. The van der Waals surface area contributed by atoms with Gasteiger partial charge in [0, 0.05) is 5.75 Å². The van der Waals surface area contributed by atoms with Gasteiger partial charge in [0.1, 0.15) is 6.61 Å². The Bertz CT molecular complexity index is 96.9. The average molecular weight is 182 g/mol. The molecule has 0 aliphatic carbocycles. The lowest BCUT2D eigenvalue weighted by Crippen LogP contribution is -2.06. The summed E-state index contributed by atoms with van der Waals surface area (Å²) in [5, 5.41) is 0. The highest BCUT2D eigenvalue weighted by molar-refractivity contribution is 8.76. The lowest BCUT2D eigenvalue weighted by molar-refractivity contribution is 0.0779. The van der Waals surface area contributed by atoms with Crippen molar-refractivity contribution >= 4 is 27.7 Å². The third kappa shape index (κ3) is 6.10. The lowest BCUT2D eigenvalue weighted by atomic mass is 10.9. The van der Waals surface area contributed by atoms with Crippen LogP contribution in [0.25, 0.3) is 0 Å². The van der Waals surface area contributed by atoms with E-state index in [2.05, 4.69) is 9.47 Å². The molecule has 60 valence electrons. The molecule has 5 heteroatoms. The zero-order valence-electron chi connectivity index (χ0n) is 5.96. The van der Waals surface area contributed by atoms with E-state index in [9.17, 15) is 4.79 Å². The van der Waals surface area contributed by atoms with Crippen molar-refractivity contribution in [3.8, 4) is 0 Å². The van der Waals surface area contributed by atoms with Crippen molar-refractivity contribution in [1.29, 1.82) is 0 Å². The monoisotopic (exact) mass is 182 g/mol. The molecule has 0 aliphatic rings. The maximum Gasteiger partial charge on any atom is 0.508 e. The molecule has 0 heterocycles. The molecule has 0 aliphatic heterocycles. The highest BCUT2D eigenvalue weighted by atomic mass is 33.1. The molecule has 0 aromatic heterocycles. The quantitative estimate of drug-likeness (QED) is 0.376. The van der Waals surface area contributed by atoms with Crippen LogP contribution in [0.4, 0.5) is 4.79 Å². The maximum atomic E-state index is 10.3. The Morgan fingerprint density at radius 3 is 2.80 bits per heavy atom. The van der Waals surface area contributed by atoms with E-state index in [1.54, 1.807) is 21.6 Å². The van der Waals surface area contributed by atoms with Crippen molar-refractivity contribution in [2.45, 2.75) is 0 Å². The number of hydrogen-bond acceptors (Lipinski definition) is 5. The van der Waals surface area contributed by atoms with Gasteiger partial charge in [-0.1, -0.05) is 21.6 Å². The van der Waals surface area contributed by atoms with Gasteiger partial charge in [0.15, 0.2) is 0 Å². The molecule has 3 nitrogen and oxygen atoms in total. The third-order valence-corrected chi connectivity index (χ3v) is 2.45. The summed E-state index contributed by atoms with van der Waals surface area (Å²) >= 11 is 0.